The average molecular weight is 360 g/mol. The van der Waals surface area contributed by atoms with Gasteiger partial charge in [-0.3, -0.25) is 9.59 Å². The van der Waals surface area contributed by atoms with E-state index in [1.807, 2.05) is 36.4 Å². The number of unbranched alkanes of at least 4 members (excludes halogenated alkanes) is 1. The normalized spacial score (nSPS) is 10.7. The summed E-state index contributed by atoms with van der Waals surface area (Å²) < 4.78 is 0. The van der Waals surface area contributed by atoms with Crippen LogP contribution in [0.25, 0.3) is 10.8 Å². The van der Waals surface area contributed by atoms with Crippen molar-refractivity contribution in [1.82, 2.24) is 0 Å². The summed E-state index contributed by atoms with van der Waals surface area (Å²) in [6.07, 6.45) is 1.10. The van der Waals surface area contributed by atoms with Gasteiger partial charge in [0.1, 0.15) is 0 Å². The molecule has 0 fully saturated rings. The van der Waals surface area contributed by atoms with Gasteiger partial charge in [0.15, 0.2) is 0 Å². The molecule has 0 aromatic heterocycles. The predicted molar refractivity (Wildman–Crippen MR) is 103 cm³/mol. The van der Waals surface area contributed by atoms with Gasteiger partial charge in [0.05, 0.1) is 12.3 Å². The molecule has 2 amide bonds. The van der Waals surface area contributed by atoms with E-state index in [0.717, 1.165) is 21.9 Å². The highest BCUT2D eigenvalue weighted by molar-refractivity contribution is 5.84. The van der Waals surface area contributed by atoms with Gasteiger partial charge in [-0.15, -0.1) is 0 Å². The molecule has 0 saturated carbocycles. The molecule has 142 valence electrons. The van der Waals surface area contributed by atoms with Gasteiger partial charge in [0, 0.05) is 12.8 Å². The molecule has 2 aromatic carbocycles. The summed E-state index contributed by atoms with van der Waals surface area (Å²) >= 11 is 0. The number of carbonyl (C=O) groups excluding carboxylic acids is 2. The molecule has 8 heteroatoms. The number of nitrogens with two attached hydrogens (primary N) is 6. The molecular formula is C18H28N6O2. The molecule has 0 aliphatic carbocycles. The molecule has 0 bridgehead atoms. The number of amides is 2. The van der Waals surface area contributed by atoms with Crippen molar-refractivity contribution in [2.24, 2.45) is 34.4 Å². The average Bonchev–Trinajstić information content (AvgIpc) is 2.58. The highest BCUT2D eigenvalue weighted by Crippen LogP contribution is 2.20. The number of hydrogen-bond acceptors (Lipinski definition) is 6. The Bertz CT molecular complexity index is 682. The van der Waals surface area contributed by atoms with Crippen LogP contribution >= 0.6 is 0 Å². The zero-order valence-corrected chi connectivity index (χ0v) is 14.7. The Kier molecular flexibility index (Phi) is 8.66. The van der Waals surface area contributed by atoms with Gasteiger partial charge in [-0.1, -0.05) is 24.3 Å². The van der Waals surface area contributed by atoms with Gasteiger partial charge in [-0.05, 0) is 46.9 Å². The van der Waals surface area contributed by atoms with Crippen molar-refractivity contribution in [2.45, 2.75) is 38.0 Å². The molecule has 0 aliphatic heterocycles. The van der Waals surface area contributed by atoms with Crippen LogP contribution < -0.4 is 34.4 Å². The van der Waals surface area contributed by atoms with E-state index in [0.29, 0.717) is 25.7 Å². The van der Waals surface area contributed by atoms with Gasteiger partial charge in [-0.25, -0.2) is 0 Å². The molecule has 2 aromatic rings. The first-order chi connectivity index (χ1) is 12.2. The minimum Gasteiger partial charge on any atom is -0.370 e. The molecule has 0 heterocycles. The van der Waals surface area contributed by atoms with E-state index >= 15 is 0 Å². The quantitative estimate of drug-likeness (QED) is 0.301. The maximum atomic E-state index is 10.2. The first-order valence-corrected chi connectivity index (χ1v) is 8.33. The first kappa shape index (κ1) is 21.5. The Morgan fingerprint density at radius 1 is 0.692 bits per heavy atom. The van der Waals surface area contributed by atoms with Gasteiger partial charge >= 0.3 is 0 Å². The minimum absolute atomic E-state index is 0.329. The molecule has 12 N–H and O–H groups in total. The fraction of sp³-hybridized carbons (Fsp3) is 0.333. The molecule has 2 rings (SSSR count). The number of fused-ring (bicyclic) bond motifs is 1. The van der Waals surface area contributed by atoms with E-state index in [9.17, 15) is 9.59 Å². The third-order valence-corrected chi connectivity index (χ3v) is 3.75. The lowest BCUT2D eigenvalue weighted by atomic mass is 10.0. The summed E-state index contributed by atoms with van der Waals surface area (Å²) in [5.74, 6) is -0.658. The Morgan fingerprint density at radius 2 is 1.04 bits per heavy atom. The summed E-state index contributed by atoms with van der Waals surface area (Å²) in [4.78, 5) is 20.3. The second-order valence-electron chi connectivity index (χ2n) is 6.06. The van der Waals surface area contributed by atoms with Crippen molar-refractivity contribution < 1.29 is 9.59 Å². The molecule has 0 spiro atoms. The van der Waals surface area contributed by atoms with Crippen LogP contribution in [-0.4, -0.2) is 11.8 Å². The maximum absolute atomic E-state index is 10.2. The smallest absolute Gasteiger partial charge is 0.217 e. The van der Waals surface area contributed by atoms with Crippen LogP contribution in [-0.2, 0) is 9.59 Å². The van der Waals surface area contributed by atoms with Crippen LogP contribution in [0.1, 0.15) is 49.1 Å². The van der Waals surface area contributed by atoms with E-state index < -0.39 is 12.3 Å². The largest absolute Gasteiger partial charge is 0.370 e. The topological polar surface area (TPSA) is 190 Å². The van der Waals surface area contributed by atoms with Crippen molar-refractivity contribution in [3.8, 4) is 0 Å². The highest BCUT2D eigenvalue weighted by atomic mass is 16.1. The predicted octanol–water partition coefficient (Wildman–Crippen LogP) is 0.189. The number of hydrogen-bond donors (Lipinski definition) is 6. The monoisotopic (exact) mass is 360 g/mol. The molecule has 0 atom stereocenters. The van der Waals surface area contributed by atoms with E-state index in [-0.39, 0.29) is 11.8 Å². The van der Waals surface area contributed by atoms with Crippen molar-refractivity contribution in [3.63, 3.8) is 0 Å². The standard InChI is InChI=1S/C12H16N4.C6H12N2O2/c13-11(14)9-3-1-7-5-10(12(15)16)4-2-8(7)6-9;7-5(9)3-1-2-4-6(8)10/h1-6,11-12H,13-16H2;1-4H2,(H2,7,9)(H2,8,10). The zero-order chi connectivity index (χ0) is 19.7. The van der Waals surface area contributed by atoms with Crippen molar-refractivity contribution in [1.29, 1.82) is 0 Å². The number of benzene rings is 2. The van der Waals surface area contributed by atoms with E-state index in [1.165, 1.54) is 0 Å². The molecule has 0 saturated heterocycles. The molecule has 26 heavy (non-hydrogen) atoms. The summed E-state index contributed by atoms with van der Waals surface area (Å²) in [6.45, 7) is 0. The fourth-order valence-corrected chi connectivity index (χ4v) is 2.30. The Hall–Kier alpha value is -2.52. The molecule has 0 aliphatic rings. The minimum atomic E-state index is -0.444. The lowest BCUT2D eigenvalue weighted by molar-refractivity contribution is -0.119. The third kappa shape index (κ3) is 7.58. The van der Waals surface area contributed by atoms with Crippen LogP contribution in [0.4, 0.5) is 0 Å². The first-order valence-electron chi connectivity index (χ1n) is 8.33. The van der Waals surface area contributed by atoms with Crippen LogP contribution in [0.2, 0.25) is 0 Å². The SMILES string of the molecule is NC(=O)CCCCC(N)=O.NC(N)c1ccc2cc(C(N)N)ccc2c1. The van der Waals surface area contributed by atoms with Crippen LogP contribution in [0, 0.1) is 0 Å². The van der Waals surface area contributed by atoms with Gasteiger partial charge in [-0.2, -0.15) is 0 Å². The Morgan fingerprint density at radius 3 is 1.31 bits per heavy atom. The van der Waals surface area contributed by atoms with Crippen molar-refractivity contribution in [3.05, 3.63) is 47.5 Å². The second kappa shape index (κ2) is 10.5. The molecular weight excluding hydrogens is 332 g/mol. The lowest BCUT2D eigenvalue weighted by Gasteiger charge is -2.10. The van der Waals surface area contributed by atoms with Crippen molar-refractivity contribution in [2.75, 3.05) is 0 Å². The number of primary amides is 2. The highest BCUT2D eigenvalue weighted by Gasteiger charge is 2.04. The van der Waals surface area contributed by atoms with E-state index in [2.05, 4.69) is 0 Å². The Balaban J connectivity index is 0.000000294. The fourth-order valence-electron chi connectivity index (χ4n) is 2.30. The van der Waals surface area contributed by atoms with Crippen LogP contribution in [0.5, 0.6) is 0 Å². The number of rotatable bonds is 7. The van der Waals surface area contributed by atoms with Crippen LogP contribution in [0.15, 0.2) is 36.4 Å². The van der Waals surface area contributed by atoms with Crippen molar-refractivity contribution >= 4 is 22.6 Å². The molecule has 0 radical (unpaired) electrons. The van der Waals surface area contributed by atoms with Gasteiger partial charge in [0.2, 0.25) is 11.8 Å². The lowest BCUT2D eigenvalue weighted by Crippen LogP contribution is -2.20. The number of carbonyl (C=O) groups is 2. The summed E-state index contributed by atoms with van der Waals surface area (Å²) in [6, 6.07) is 11.7. The maximum Gasteiger partial charge on any atom is 0.217 e. The zero-order valence-electron chi connectivity index (χ0n) is 14.7. The van der Waals surface area contributed by atoms with E-state index in [1.54, 1.807) is 0 Å². The Labute approximate surface area is 152 Å². The summed E-state index contributed by atoms with van der Waals surface area (Å²) in [5, 5.41) is 2.17. The second-order valence-corrected chi connectivity index (χ2v) is 6.06. The molecule has 8 nitrogen and oxygen atoms in total. The van der Waals surface area contributed by atoms with E-state index in [4.69, 9.17) is 34.4 Å². The van der Waals surface area contributed by atoms with Gasteiger partial charge in [0.25, 0.3) is 0 Å². The van der Waals surface area contributed by atoms with Crippen LogP contribution in [0.3, 0.4) is 0 Å². The summed E-state index contributed by atoms with van der Waals surface area (Å²) in [7, 11) is 0. The van der Waals surface area contributed by atoms with Gasteiger partial charge < -0.3 is 34.4 Å². The summed E-state index contributed by atoms with van der Waals surface area (Å²) in [5.41, 5.74) is 34.0. The third-order valence-electron chi connectivity index (χ3n) is 3.75. The molecule has 0 unspecified atom stereocenters.